The number of nitrogens with zero attached hydrogens (tertiary/aromatic N) is 2. The first-order valence-electron chi connectivity index (χ1n) is 4.41. The van der Waals surface area contributed by atoms with Crippen molar-refractivity contribution in [3.8, 4) is 6.07 Å². The lowest BCUT2D eigenvalue weighted by molar-refractivity contribution is -0.168. The van der Waals surface area contributed by atoms with Crippen molar-refractivity contribution in [1.29, 1.82) is 5.26 Å². The molecule has 1 amide bonds. The Morgan fingerprint density at radius 3 is 2.19 bits per heavy atom. The Balaban J connectivity index is 4.80. The van der Waals surface area contributed by atoms with Crippen LogP contribution < -0.4 is 0 Å². The van der Waals surface area contributed by atoms with Crippen LogP contribution in [0.25, 0.3) is 0 Å². The smallest absolute Gasteiger partial charge is 0.436 e. The van der Waals surface area contributed by atoms with Gasteiger partial charge in [-0.2, -0.15) is 10.3 Å². The molecule has 1 unspecified atom stereocenters. The van der Waals surface area contributed by atoms with Crippen LogP contribution in [0.2, 0.25) is 0 Å². The van der Waals surface area contributed by atoms with E-state index in [0.717, 1.165) is 7.11 Å². The topological polar surface area (TPSA) is 99.9 Å². The van der Waals surface area contributed by atoms with Gasteiger partial charge in [0.1, 0.15) is 11.7 Å². The number of carbonyl (C=O) groups excluding carboxylic acids is 1. The second-order valence-corrected chi connectivity index (χ2v) is 3.86. The van der Waals surface area contributed by atoms with Crippen LogP contribution in [-0.2, 0) is 14.4 Å². The zero-order valence-corrected chi connectivity index (χ0v) is 9.55. The lowest BCUT2D eigenvalue weighted by atomic mass is 10.2. The van der Waals surface area contributed by atoms with E-state index in [9.17, 15) is 9.59 Å². The zero-order valence-electron chi connectivity index (χ0n) is 9.55. The van der Waals surface area contributed by atoms with Crippen LogP contribution in [0.3, 0.4) is 0 Å². The van der Waals surface area contributed by atoms with E-state index >= 15 is 0 Å². The molecule has 0 aromatic rings. The number of carboxylic acids is 1. The summed E-state index contributed by atoms with van der Waals surface area (Å²) in [4.78, 5) is 26.6. The summed E-state index contributed by atoms with van der Waals surface area (Å²) in [5, 5.41) is 17.6. The SMILES string of the molecule is CON(C(=O)OC(C)(C)C)C(C#N)C(=O)O. The van der Waals surface area contributed by atoms with E-state index in [1.165, 1.54) is 6.07 Å². The van der Waals surface area contributed by atoms with E-state index in [-0.39, 0.29) is 0 Å². The fraction of sp³-hybridized carbons (Fsp3) is 0.667. The number of ether oxygens (including phenoxy) is 1. The van der Waals surface area contributed by atoms with Crippen molar-refractivity contribution in [1.82, 2.24) is 5.06 Å². The molecular formula is C9H14N2O5. The van der Waals surface area contributed by atoms with Gasteiger partial charge in [-0.15, -0.1) is 0 Å². The highest BCUT2D eigenvalue weighted by molar-refractivity contribution is 5.82. The molecular weight excluding hydrogens is 216 g/mol. The number of carbonyl (C=O) groups is 2. The average Bonchev–Trinajstić information content (AvgIpc) is 2.09. The molecule has 0 fully saturated rings. The van der Waals surface area contributed by atoms with E-state index in [2.05, 4.69) is 4.84 Å². The van der Waals surface area contributed by atoms with Crippen molar-refractivity contribution < 1.29 is 24.3 Å². The van der Waals surface area contributed by atoms with Crippen LogP contribution in [-0.4, -0.2) is 41.0 Å². The van der Waals surface area contributed by atoms with Gasteiger partial charge in [0, 0.05) is 0 Å². The molecule has 0 spiro atoms. The summed E-state index contributed by atoms with van der Waals surface area (Å²) < 4.78 is 4.87. The van der Waals surface area contributed by atoms with Crippen LogP contribution in [0.15, 0.2) is 0 Å². The van der Waals surface area contributed by atoms with Gasteiger partial charge in [-0.3, -0.25) is 4.84 Å². The first-order valence-corrected chi connectivity index (χ1v) is 4.41. The fourth-order valence-electron chi connectivity index (χ4n) is 0.800. The van der Waals surface area contributed by atoms with Gasteiger partial charge in [0.05, 0.1) is 7.11 Å². The summed E-state index contributed by atoms with van der Waals surface area (Å²) in [7, 11) is 1.08. The summed E-state index contributed by atoms with van der Waals surface area (Å²) in [6, 6.07) is -0.317. The third-order valence-electron chi connectivity index (χ3n) is 1.36. The Morgan fingerprint density at radius 2 is 1.94 bits per heavy atom. The number of carboxylic acid groups (broad SMARTS) is 1. The summed E-state index contributed by atoms with van der Waals surface area (Å²) >= 11 is 0. The molecule has 0 aliphatic heterocycles. The molecule has 16 heavy (non-hydrogen) atoms. The molecule has 0 aliphatic rings. The molecule has 0 rings (SSSR count). The molecule has 0 heterocycles. The average molecular weight is 230 g/mol. The van der Waals surface area contributed by atoms with E-state index in [1.807, 2.05) is 0 Å². The molecule has 0 bridgehead atoms. The van der Waals surface area contributed by atoms with Gasteiger partial charge < -0.3 is 9.84 Å². The lowest BCUT2D eigenvalue weighted by Crippen LogP contribution is -2.45. The first-order chi connectivity index (χ1) is 7.22. The van der Waals surface area contributed by atoms with E-state index < -0.39 is 23.7 Å². The normalized spacial score (nSPS) is 12.4. The van der Waals surface area contributed by atoms with Crippen molar-refractivity contribution in [2.75, 3.05) is 7.11 Å². The fourth-order valence-corrected chi connectivity index (χ4v) is 0.800. The van der Waals surface area contributed by atoms with E-state index in [0.29, 0.717) is 5.06 Å². The van der Waals surface area contributed by atoms with Crippen LogP contribution in [0.1, 0.15) is 20.8 Å². The number of aliphatic carboxylic acids is 1. The maximum atomic E-state index is 11.5. The molecule has 0 radical (unpaired) electrons. The Bertz CT molecular complexity index is 315. The molecule has 0 saturated heterocycles. The quantitative estimate of drug-likeness (QED) is 0.718. The Hall–Kier alpha value is -1.81. The maximum Gasteiger partial charge on any atom is 0.436 e. The molecule has 1 N–H and O–H groups in total. The van der Waals surface area contributed by atoms with Gasteiger partial charge in [-0.25, -0.2) is 9.59 Å². The molecule has 7 nitrogen and oxygen atoms in total. The minimum absolute atomic E-state index is 0.369. The second-order valence-electron chi connectivity index (χ2n) is 3.86. The van der Waals surface area contributed by atoms with Gasteiger partial charge >= 0.3 is 12.1 Å². The number of hydrogen-bond donors (Lipinski definition) is 1. The third-order valence-corrected chi connectivity index (χ3v) is 1.36. The van der Waals surface area contributed by atoms with Crippen molar-refractivity contribution in [2.24, 2.45) is 0 Å². The van der Waals surface area contributed by atoms with Gasteiger partial charge in [-0.05, 0) is 20.8 Å². The Labute approximate surface area is 93.1 Å². The monoisotopic (exact) mass is 230 g/mol. The number of hydrogen-bond acceptors (Lipinski definition) is 5. The van der Waals surface area contributed by atoms with Crippen LogP contribution in [0.4, 0.5) is 4.79 Å². The molecule has 7 heteroatoms. The minimum atomic E-state index is -1.74. The van der Waals surface area contributed by atoms with Crippen molar-refractivity contribution in [3.05, 3.63) is 0 Å². The second kappa shape index (κ2) is 5.32. The summed E-state index contributed by atoms with van der Waals surface area (Å²) in [6.45, 7) is 4.84. The minimum Gasteiger partial charge on any atom is -0.479 e. The van der Waals surface area contributed by atoms with Crippen LogP contribution in [0, 0.1) is 11.3 Å². The molecule has 1 atom stereocenters. The Morgan fingerprint density at radius 1 is 1.44 bits per heavy atom. The van der Waals surface area contributed by atoms with Crippen molar-refractivity contribution >= 4 is 12.1 Å². The summed E-state index contributed by atoms with van der Waals surface area (Å²) in [5.41, 5.74) is -0.799. The third kappa shape index (κ3) is 4.14. The summed E-state index contributed by atoms with van der Waals surface area (Å²) in [5.74, 6) is -1.49. The van der Waals surface area contributed by atoms with Gasteiger partial charge in [-0.1, -0.05) is 0 Å². The molecule has 0 aromatic carbocycles. The van der Waals surface area contributed by atoms with Gasteiger partial charge in [0.2, 0.25) is 6.04 Å². The number of rotatable bonds is 3. The Kier molecular flexibility index (Phi) is 4.72. The van der Waals surface area contributed by atoms with E-state index in [1.54, 1.807) is 20.8 Å². The van der Waals surface area contributed by atoms with Crippen molar-refractivity contribution in [3.63, 3.8) is 0 Å². The highest BCUT2D eigenvalue weighted by atomic mass is 16.7. The van der Waals surface area contributed by atoms with Crippen LogP contribution in [0.5, 0.6) is 0 Å². The molecule has 0 saturated carbocycles. The van der Waals surface area contributed by atoms with E-state index in [4.69, 9.17) is 15.1 Å². The first kappa shape index (κ1) is 14.2. The van der Waals surface area contributed by atoms with Crippen molar-refractivity contribution in [2.45, 2.75) is 32.4 Å². The largest absolute Gasteiger partial charge is 0.479 e. The predicted molar refractivity (Wildman–Crippen MR) is 52.1 cm³/mol. The highest BCUT2D eigenvalue weighted by Crippen LogP contribution is 2.12. The van der Waals surface area contributed by atoms with Crippen LogP contribution >= 0.6 is 0 Å². The van der Waals surface area contributed by atoms with Gasteiger partial charge in [0.25, 0.3) is 0 Å². The molecule has 0 aliphatic carbocycles. The zero-order chi connectivity index (χ0) is 12.9. The maximum absolute atomic E-state index is 11.5. The number of nitriles is 1. The number of hydroxylamine groups is 2. The number of amides is 1. The van der Waals surface area contributed by atoms with Gasteiger partial charge in [0.15, 0.2) is 0 Å². The highest BCUT2D eigenvalue weighted by Gasteiger charge is 2.33. The summed E-state index contributed by atoms with van der Waals surface area (Å²) in [6.07, 6.45) is -1.02. The molecule has 90 valence electrons. The lowest BCUT2D eigenvalue weighted by Gasteiger charge is -2.26. The molecule has 0 aromatic heterocycles. The standard InChI is InChI=1S/C9H14N2O5/c1-9(2,3)16-8(14)11(15-4)6(5-10)7(12)13/h6H,1-4H3,(H,12,13). The predicted octanol–water partition coefficient (Wildman–Crippen LogP) is 0.762.